The lowest BCUT2D eigenvalue weighted by Crippen LogP contribution is -2.49. The molecule has 0 aromatic heterocycles. The van der Waals surface area contributed by atoms with E-state index in [2.05, 4.69) is 5.32 Å². The van der Waals surface area contributed by atoms with Crippen LogP contribution >= 0.6 is 11.8 Å². The number of benzene rings is 1. The topological polar surface area (TPSA) is 66.5 Å². The summed E-state index contributed by atoms with van der Waals surface area (Å²) >= 11 is -0.245. The minimum Gasteiger partial charge on any atom is -0.348 e. The Morgan fingerprint density at radius 1 is 1.29 bits per heavy atom. The summed E-state index contributed by atoms with van der Waals surface area (Å²) in [4.78, 5) is 12.2. The highest BCUT2D eigenvalue weighted by atomic mass is 32.2. The molecule has 1 aliphatic rings. The number of sulfonamides is 1. The molecule has 1 N–H and O–H groups in total. The van der Waals surface area contributed by atoms with Gasteiger partial charge >= 0.3 is 5.51 Å². The second-order valence-electron chi connectivity index (χ2n) is 5.51. The van der Waals surface area contributed by atoms with Crippen LogP contribution < -0.4 is 5.32 Å². The van der Waals surface area contributed by atoms with Gasteiger partial charge in [0.2, 0.25) is 10.0 Å². The number of amides is 1. The van der Waals surface area contributed by atoms with Crippen LogP contribution in [0.2, 0.25) is 0 Å². The first-order chi connectivity index (χ1) is 11.0. The van der Waals surface area contributed by atoms with Crippen LogP contribution in [0.3, 0.4) is 0 Å². The Morgan fingerprint density at radius 3 is 2.46 bits per heavy atom. The second-order valence-corrected chi connectivity index (χ2v) is 8.63. The summed E-state index contributed by atoms with van der Waals surface area (Å²) in [5.74, 6) is -0.432. The van der Waals surface area contributed by atoms with Crippen molar-refractivity contribution in [3.63, 3.8) is 0 Å². The molecule has 10 heteroatoms. The van der Waals surface area contributed by atoms with Crippen molar-refractivity contribution in [3.8, 4) is 0 Å². The summed E-state index contributed by atoms with van der Waals surface area (Å²) in [5.41, 5.74) is -4.14. The van der Waals surface area contributed by atoms with Crippen LogP contribution in [0.4, 0.5) is 13.2 Å². The van der Waals surface area contributed by atoms with Crippen molar-refractivity contribution >= 4 is 27.7 Å². The average molecular weight is 382 g/mol. The predicted molar refractivity (Wildman–Crippen MR) is 85.3 cm³/mol. The van der Waals surface area contributed by atoms with Gasteiger partial charge in [0.1, 0.15) is 0 Å². The van der Waals surface area contributed by atoms with Crippen molar-refractivity contribution < 1.29 is 26.4 Å². The molecule has 1 unspecified atom stereocenters. The maximum Gasteiger partial charge on any atom is 0.446 e. The molecule has 1 atom stereocenters. The summed E-state index contributed by atoms with van der Waals surface area (Å²) in [6.07, 6.45) is 2.41. The number of rotatable bonds is 4. The van der Waals surface area contributed by atoms with Gasteiger partial charge in [-0.15, -0.1) is 0 Å². The maximum absolute atomic E-state index is 12.3. The van der Waals surface area contributed by atoms with Crippen LogP contribution in [0, 0.1) is 0 Å². The first-order valence-electron chi connectivity index (χ1n) is 7.16. The zero-order valence-electron chi connectivity index (χ0n) is 12.8. The molecule has 1 saturated heterocycles. The molecule has 0 aliphatic carbocycles. The standard InChI is InChI=1S/C14H17F3N2O3S2/c1-24(21,22)19-8-2-3-11(9-19)18-13(20)10-4-6-12(7-5-10)23-14(15,16)17/h4-7,11H,2-3,8-9H2,1H3,(H,18,20). The van der Waals surface area contributed by atoms with E-state index in [9.17, 15) is 26.4 Å². The minimum absolute atomic E-state index is 0.0000297. The van der Waals surface area contributed by atoms with Crippen LogP contribution in [-0.2, 0) is 10.0 Å². The summed E-state index contributed by atoms with van der Waals surface area (Å²) < 4.78 is 61.2. The number of halogens is 3. The van der Waals surface area contributed by atoms with Gasteiger partial charge < -0.3 is 5.32 Å². The highest BCUT2D eigenvalue weighted by molar-refractivity contribution is 8.00. The molecule has 1 fully saturated rings. The fourth-order valence-electron chi connectivity index (χ4n) is 2.44. The van der Waals surface area contributed by atoms with E-state index in [1.54, 1.807) is 0 Å². The van der Waals surface area contributed by atoms with E-state index in [0.29, 0.717) is 19.4 Å². The maximum atomic E-state index is 12.3. The highest BCUT2D eigenvalue weighted by Gasteiger charge is 2.29. The van der Waals surface area contributed by atoms with Crippen LogP contribution in [0.15, 0.2) is 29.2 Å². The van der Waals surface area contributed by atoms with E-state index >= 15 is 0 Å². The Morgan fingerprint density at radius 2 is 1.92 bits per heavy atom. The van der Waals surface area contributed by atoms with Gasteiger partial charge in [-0.05, 0) is 48.9 Å². The SMILES string of the molecule is CS(=O)(=O)N1CCCC(NC(=O)c2ccc(SC(F)(F)F)cc2)C1. The monoisotopic (exact) mass is 382 g/mol. The molecule has 0 saturated carbocycles. The Hall–Kier alpha value is -1.26. The zero-order valence-corrected chi connectivity index (χ0v) is 14.5. The van der Waals surface area contributed by atoms with Crippen LogP contribution in [-0.4, -0.2) is 49.5 Å². The van der Waals surface area contributed by atoms with Crippen molar-refractivity contribution in [2.75, 3.05) is 19.3 Å². The van der Waals surface area contributed by atoms with Crippen molar-refractivity contribution in [2.45, 2.75) is 29.3 Å². The van der Waals surface area contributed by atoms with Gasteiger partial charge in [-0.2, -0.15) is 13.2 Å². The Kier molecular flexibility index (Phi) is 5.82. The van der Waals surface area contributed by atoms with Gasteiger partial charge in [0.25, 0.3) is 5.91 Å². The molecule has 1 aliphatic heterocycles. The van der Waals surface area contributed by atoms with E-state index in [1.807, 2.05) is 0 Å². The van der Waals surface area contributed by atoms with Crippen molar-refractivity contribution in [1.29, 1.82) is 0 Å². The van der Waals surface area contributed by atoms with Gasteiger partial charge in [-0.25, -0.2) is 12.7 Å². The number of hydrogen-bond acceptors (Lipinski definition) is 4. The van der Waals surface area contributed by atoms with Crippen LogP contribution in [0.5, 0.6) is 0 Å². The Bertz CT molecular complexity index is 690. The number of nitrogens with zero attached hydrogens (tertiary/aromatic N) is 1. The molecule has 1 amide bonds. The third-order valence-corrected chi connectivity index (χ3v) is 5.55. The number of piperidine rings is 1. The molecule has 0 bridgehead atoms. The summed E-state index contributed by atoms with van der Waals surface area (Å²) in [5, 5.41) is 2.73. The third-order valence-electron chi connectivity index (χ3n) is 3.54. The van der Waals surface area contributed by atoms with E-state index in [0.717, 1.165) is 6.26 Å². The number of carbonyl (C=O) groups is 1. The molecular weight excluding hydrogens is 365 g/mol. The van der Waals surface area contributed by atoms with Crippen molar-refractivity contribution in [1.82, 2.24) is 9.62 Å². The lowest BCUT2D eigenvalue weighted by Gasteiger charge is -2.31. The summed E-state index contributed by atoms with van der Waals surface area (Å²) in [6, 6.07) is 4.79. The van der Waals surface area contributed by atoms with E-state index in [-0.39, 0.29) is 34.8 Å². The van der Waals surface area contributed by atoms with E-state index in [4.69, 9.17) is 0 Å². The molecule has 134 valence electrons. The van der Waals surface area contributed by atoms with Crippen LogP contribution in [0.1, 0.15) is 23.2 Å². The molecule has 24 heavy (non-hydrogen) atoms. The van der Waals surface area contributed by atoms with E-state index in [1.165, 1.54) is 28.6 Å². The quantitative estimate of drug-likeness (QED) is 0.813. The number of thioether (sulfide) groups is 1. The molecule has 5 nitrogen and oxygen atoms in total. The van der Waals surface area contributed by atoms with Crippen molar-refractivity contribution in [3.05, 3.63) is 29.8 Å². The van der Waals surface area contributed by atoms with Gasteiger partial charge in [0, 0.05) is 29.6 Å². The zero-order chi connectivity index (χ0) is 18.0. The smallest absolute Gasteiger partial charge is 0.348 e. The fraction of sp³-hybridized carbons (Fsp3) is 0.500. The normalized spacial score (nSPS) is 19.9. The number of hydrogen-bond donors (Lipinski definition) is 1. The van der Waals surface area contributed by atoms with E-state index < -0.39 is 21.4 Å². The van der Waals surface area contributed by atoms with Gasteiger partial charge in [-0.3, -0.25) is 4.79 Å². The molecule has 1 heterocycles. The van der Waals surface area contributed by atoms with Gasteiger partial charge in [-0.1, -0.05) is 0 Å². The minimum atomic E-state index is -4.37. The molecular formula is C14H17F3N2O3S2. The molecule has 0 spiro atoms. The Balaban J connectivity index is 1.97. The molecule has 1 aromatic carbocycles. The first-order valence-corrected chi connectivity index (χ1v) is 9.83. The number of alkyl halides is 3. The molecule has 1 aromatic rings. The highest BCUT2D eigenvalue weighted by Crippen LogP contribution is 2.36. The first kappa shape index (κ1) is 19.1. The molecule has 2 rings (SSSR count). The summed E-state index contributed by atoms with van der Waals surface area (Å²) in [7, 11) is -3.31. The lowest BCUT2D eigenvalue weighted by molar-refractivity contribution is -0.0328. The number of carbonyl (C=O) groups excluding carboxylic acids is 1. The average Bonchev–Trinajstić information content (AvgIpc) is 2.45. The van der Waals surface area contributed by atoms with Crippen molar-refractivity contribution in [2.24, 2.45) is 0 Å². The fourth-order valence-corrected chi connectivity index (χ4v) is 3.89. The van der Waals surface area contributed by atoms with Gasteiger partial charge in [0.05, 0.1) is 6.26 Å². The van der Waals surface area contributed by atoms with Crippen LogP contribution in [0.25, 0.3) is 0 Å². The second kappa shape index (κ2) is 7.32. The van der Waals surface area contributed by atoms with Gasteiger partial charge in [0.15, 0.2) is 0 Å². The third kappa shape index (κ3) is 5.67. The Labute approximate surface area is 142 Å². The lowest BCUT2D eigenvalue weighted by atomic mass is 10.1. The molecule has 0 radical (unpaired) electrons. The number of nitrogens with one attached hydrogen (secondary N) is 1. The predicted octanol–water partition coefficient (Wildman–Crippen LogP) is 2.45. The summed E-state index contributed by atoms with van der Waals surface area (Å²) in [6.45, 7) is 0.626. The largest absolute Gasteiger partial charge is 0.446 e.